The Morgan fingerprint density at radius 3 is 2.92 bits per heavy atom. The van der Waals surface area contributed by atoms with Crippen LogP contribution in [-0.2, 0) is 6.42 Å². The van der Waals surface area contributed by atoms with Crippen molar-refractivity contribution in [3.8, 4) is 22.6 Å². The predicted molar refractivity (Wildman–Crippen MR) is 101 cm³/mol. The second-order valence-corrected chi connectivity index (χ2v) is 6.37. The van der Waals surface area contributed by atoms with Gasteiger partial charge in [0.25, 0.3) is 5.91 Å². The Morgan fingerprint density at radius 1 is 1.31 bits per heavy atom. The standard InChI is InChI=1S/C19H16ClN5O/c1-2-11-5-6-12(20)8-13(11)17-14(19(21)26)9-15(24-17)18-16-4-3-7-25(16)23-10-22-18/h3-10,24H,2H2,1H3,(H2,21,26). The molecule has 130 valence electrons. The number of H-pyrrole nitrogens is 1. The fourth-order valence-corrected chi connectivity index (χ4v) is 3.32. The number of hydrogen-bond acceptors (Lipinski definition) is 3. The molecule has 1 aromatic carbocycles. The number of aryl methyl sites for hydroxylation is 1. The molecule has 0 aliphatic rings. The lowest BCUT2D eigenvalue weighted by atomic mass is 10.00. The van der Waals surface area contributed by atoms with Crippen LogP contribution in [0.2, 0.25) is 5.02 Å². The van der Waals surface area contributed by atoms with Crippen molar-refractivity contribution in [3.63, 3.8) is 0 Å². The maximum absolute atomic E-state index is 12.1. The number of nitrogens with one attached hydrogen (secondary N) is 1. The number of primary amides is 1. The fraction of sp³-hybridized carbons (Fsp3) is 0.105. The van der Waals surface area contributed by atoms with E-state index in [4.69, 9.17) is 17.3 Å². The van der Waals surface area contributed by atoms with Gasteiger partial charge in [-0.05, 0) is 42.3 Å². The Morgan fingerprint density at radius 2 is 2.15 bits per heavy atom. The lowest BCUT2D eigenvalue weighted by molar-refractivity contribution is 0.100. The molecule has 3 heterocycles. The number of benzene rings is 1. The zero-order valence-corrected chi connectivity index (χ0v) is 14.8. The van der Waals surface area contributed by atoms with Crippen molar-refractivity contribution in [1.82, 2.24) is 19.6 Å². The van der Waals surface area contributed by atoms with Gasteiger partial charge in [-0.2, -0.15) is 5.10 Å². The van der Waals surface area contributed by atoms with Gasteiger partial charge in [0.05, 0.1) is 22.5 Å². The summed E-state index contributed by atoms with van der Waals surface area (Å²) in [6, 6.07) is 11.2. The number of fused-ring (bicyclic) bond motifs is 1. The first-order chi connectivity index (χ1) is 12.6. The lowest BCUT2D eigenvalue weighted by Gasteiger charge is -2.09. The van der Waals surface area contributed by atoms with Crippen LogP contribution in [0, 0.1) is 0 Å². The minimum Gasteiger partial charge on any atom is -0.366 e. The number of carbonyl (C=O) groups is 1. The Balaban J connectivity index is 1.97. The van der Waals surface area contributed by atoms with E-state index in [1.807, 2.05) is 36.5 Å². The summed E-state index contributed by atoms with van der Waals surface area (Å²) in [5, 5.41) is 4.77. The summed E-state index contributed by atoms with van der Waals surface area (Å²) in [6.07, 6.45) is 4.12. The largest absolute Gasteiger partial charge is 0.366 e. The fourth-order valence-electron chi connectivity index (χ4n) is 3.15. The summed E-state index contributed by atoms with van der Waals surface area (Å²) >= 11 is 6.19. The number of halogens is 1. The average Bonchev–Trinajstić information content (AvgIpc) is 3.28. The van der Waals surface area contributed by atoms with Gasteiger partial charge in [-0.3, -0.25) is 4.79 Å². The van der Waals surface area contributed by atoms with E-state index < -0.39 is 5.91 Å². The number of amides is 1. The van der Waals surface area contributed by atoms with Crippen LogP contribution in [0.5, 0.6) is 0 Å². The van der Waals surface area contributed by atoms with Gasteiger partial charge in [0.15, 0.2) is 0 Å². The van der Waals surface area contributed by atoms with Crippen molar-refractivity contribution in [2.75, 3.05) is 0 Å². The number of hydrogen-bond donors (Lipinski definition) is 2. The van der Waals surface area contributed by atoms with Crippen LogP contribution in [0.15, 0.2) is 48.9 Å². The van der Waals surface area contributed by atoms with Gasteiger partial charge in [-0.15, -0.1) is 0 Å². The molecule has 26 heavy (non-hydrogen) atoms. The Bertz CT molecular complexity index is 1130. The van der Waals surface area contributed by atoms with Crippen molar-refractivity contribution in [3.05, 3.63) is 65.1 Å². The summed E-state index contributed by atoms with van der Waals surface area (Å²) < 4.78 is 1.73. The number of rotatable bonds is 4. The van der Waals surface area contributed by atoms with Crippen molar-refractivity contribution >= 4 is 23.0 Å². The van der Waals surface area contributed by atoms with Crippen LogP contribution < -0.4 is 5.73 Å². The van der Waals surface area contributed by atoms with Gasteiger partial charge in [0, 0.05) is 16.8 Å². The highest BCUT2D eigenvalue weighted by atomic mass is 35.5. The van der Waals surface area contributed by atoms with Gasteiger partial charge in [-0.25, -0.2) is 9.50 Å². The first kappa shape index (κ1) is 16.4. The van der Waals surface area contributed by atoms with Gasteiger partial charge in [0.2, 0.25) is 0 Å². The average molecular weight is 366 g/mol. The van der Waals surface area contributed by atoms with E-state index in [2.05, 4.69) is 22.0 Å². The van der Waals surface area contributed by atoms with E-state index in [-0.39, 0.29) is 0 Å². The predicted octanol–water partition coefficient (Wildman–Crippen LogP) is 3.71. The maximum Gasteiger partial charge on any atom is 0.250 e. The molecule has 0 aliphatic heterocycles. The Kier molecular flexibility index (Phi) is 3.97. The number of nitrogens with two attached hydrogens (primary N) is 1. The molecule has 0 saturated heterocycles. The normalized spacial score (nSPS) is 11.2. The highest BCUT2D eigenvalue weighted by Crippen LogP contribution is 2.33. The van der Waals surface area contributed by atoms with E-state index in [0.29, 0.717) is 27.7 Å². The van der Waals surface area contributed by atoms with Gasteiger partial charge >= 0.3 is 0 Å². The van der Waals surface area contributed by atoms with Crippen molar-refractivity contribution in [1.29, 1.82) is 0 Å². The SMILES string of the molecule is CCc1ccc(Cl)cc1-c1[nH]c(-c2ncnn3cccc23)cc1C(N)=O. The summed E-state index contributed by atoms with van der Waals surface area (Å²) in [5.41, 5.74) is 10.8. The van der Waals surface area contributed by atoms with Gasteiger partial charge in [0.1, 0.15) is 12.0 Å². The van der Waals surface area contributed by atoms with Crippen LogP contribution in [0.1, 0.15) is 22.8 Å². The second-order valence-electron chi connectivity index (χ2n) is 5.94. The topological polar surface area (TPSA) is 89.1 Å². The number of aromatic nitrogens is 4. The van der Waals surface area contributed by atoms with E-state index in [1.54, 1.807) is 10.6 Å². The van der Waals surface area contributed by atoms with Gasteiger partial charge in [-0.1, -0.05) is 24.6 Å². The third-order valence-corrected chi connectivity index (χ3v) is 4.63. The zero-order chi connectivity index (χ0) is 18.3. The highest BCUT2D eigenvalue weighted by Gasteiger charge is 2.19. The minimum absolute atomic E-state index is 0.403. The quantitative estimate of drug-likeness (QED) is 0.577. The van der Waals surface area contributed by atoms with E-state index in [0.717, 1.165) is 23.1 Å². The van der Waals surface area contributed by atoms with Crippen molar-refractivity contribution in [2.45, 2.75) is 13.3 Å². The molecule has 0 bridgehead atoms. The highest BCUT2D eigenvalue weighted by molar-refractivity contribution is 6.31. The Hall–Kier alpha value is -3.12. The van der Waals surface area contributed by atoms with Gasteiger partial charge < -0.3 is 10.7 Å². The molecule has 4 rings (SSSR count). The molecular weight excluding hydrogens is 350 g/mol. The van der Waals surface area contributed by atoms with Crippen LogP contribution in [0.4, 0.5) is 0 Å². The molecular formula is C19H16ClN5O. The van der Waals surface area contributed by atoms with E-state index in [9.17, 15) is 4.79 Å². The lowest BCUT2D eigenvalue weighted by Crippen LogP contribution is -2.11. The summed E-state index contributed by atoms with van der Waals surface area (Å²) in [5.74, 6) is -0.509. The van der Waals surface area contributed by atoms with Crippen LogP contribution in [0.25, 0.3) is 28.2 Å². The summed E-state index contributed by atoms with van der Waals surface area (Å²) in [7, 11) is 0. The molecule has 1 amide bonds. The smallest absolute Gasteiger partial charge is 0.250 e. The van der Waals surface area contributed by atoms with Crippen LogP contribution in [-0.4, -0.2) is 25.5 Å². The Labute approximate surface area is 154 Å². The molecule has 4 aromatic rings. The molecule has 0 atom stereocenters. The molecule has 3 N–H and O–H groups in total. The minimum atomic E-state index is -0.509. The second kappa shape index (κ2) is 6.31. The number of carbonyl (C=O) groups excluding carboxylic acids is 1. The molecule has 6 nitrogen and oxygen atoms in total. The molecule has 0 aliphatic carbocycles. The molecule has 0 radical (unpaired) electrons. The van der Waals surface area contributed by atoms with E-state index in [1.165, 1.54) is 6.33 Å². The van der Waals surface area contributed by atoms with Crippen LogP contribution >= 0.6 is 11.6 Å². The summed E-state index contributed by atoms with van der Waals surface area (Å²) in [4.78, 5) is 19.8. The molecule has 0 unspecified atom stereocenters. The third-order valence-electron chi connectivity index (χ3n) is 4.39. The summed E-state index contributed by atoms with van der Waals surface area (Å²) in [6.45, 7) is 2.05. The molecule has 0 saturated carbocycles. The monoisotopic (exact) mass is 365 g/mol. The third kappa shape index (κ3) is 2.64. The molecule has 0 spiro atoms. The number of nitrogens with zero attached hydrogens (tertiary/aromatic N) is 3. The van der Waals surface area contributed by atoms with E-state index >= 15 is 0 Å². The number of aromatic amines is 1. The molecule has 7 heteroatoms. The maximum atomic E-state index is 12.1. The first-order valence-electron chi connectivity index (χ1n) is 8.18. The van der Waals surface area contributed by atoms with Crippen molar-refractivity contribution < 1.29 is 4.79 Å². The molecule has 0 fully saturated rings. The molecule has 3 aromatic heterocycles. The van der Waals surface area contributed by atoms with Crippen molar-refractivity contribution in [2.24, 2.45) is 5.73 Å². The first-order valence-corrected chi connectivity index (χ1v) is 8.56. The zero-order valence-electron chi connectivity index (χ0n) is 14.0. The van der Waals surface area contributed by atoms with Crippen LogP contribution in [0.3, 0.4) is 0 Å².